The molecule has 0 aromatic carbocycles. The zero-order chi connectivity index (χ0) is 19.3. The molecule has 0 aromatic heterocycles. The summed E-state index contributed by atoms with van der Waals surface area (Å²) in [6.07, 6.45) is 10.6. The maximum atomic E-state index is 9.60. The van der Waals surface area contributed by atoms with E-state index in [1.54, 1.807) is 0 Å². The third kappa shape index (κ3) is 14.7. The summed E-state index contributed by atoms with van der Waals surface area (Å²) >= 11 is 0. The fourth-order valence-electron chi connectivity index (χ4n) is 3.84. The largest absolute Gasteiger partial charge is 0.393 e. The molecular formula is C21H44O4. The highest BCUT2D eigenvalue weighted by Gasteiger charge is 2.29. The van der Waals surface area contributed by atoms with Gasteiger partial charge in [-0.3, -0.25) is 0 Å². The van der Waals surface area contributed by atoms with Crippen LogP contribution in [0.15, 0.2) is 0 Å². The summed E-state index contributed by atoms with van der Waals surface area (Å²) in [5, 5.41) is 38.4. The fraction of sp³-hybridized carbons (Fsp3) is 1.00. The van der Waals surface area contributed by atoms with E-state index in [4.69, 9.17) is 0 Å². The van der Waals surface area contributed by atoms with Gasteiger partial charge in [-0.25, -0.2) is 0 Å². The normalized spacial score (nSPS) is 19.2. The molecule has 0 fully saturated rings. The van der Waals surface area contributed by atoms with Crippen LogP contribution in [0.1, 0.15) is 105 Å². The molecule has 4 unspecified atom stereocenters. The molecule has 4 nitrogen and oxygen atoms in total. The Labute approximate surface area is 155 Å². The summed E-state index contributed by atoms with van der Waals surface area (Å²) in [4.78, 5) is 0. The Kier molecular flexibility index (Phi) is 13.9. The quantitative estimate of drug-likeness (QED) is 0.333. The van der Waals surface area contributed by atoms with Crippen molar-refractivity contribution in [3.05, 3.63) is 0 Å². The number of hydrogen-bond acceptors (Lipinski definition) is 4. The second kappa shape index (κ2) is 14.0. The Bertz CT molecular complexity index is 239. The third-order valence-corrected chi connectivity index (χ3v) is 5.32. The highest BCUT2D eigenvalue weighted by atomic mass is 16.3. The molecule has 0 rings (SSSR count). The Balaban J connectivity index is 4.85. The van der Waals surface area contributed by atoms with Crippen molar-refractivity contribution in [3.63, 3.8) is 0 Å². The minimum Gasteiger partial charge on any atom is -0.393 e. The average Bonchev–Trinajstić information content (AvgIpc) is 2.45. The van der Waals surface area contributed by atoms with Gasteiger partial charge >= 0.3 is 0 Å². The first-order valence-electron chi connectivity index (χ1n) is 10.4. The highest BCUT2D eigenvalue weighted by Crippen LogP contribution is 2.42. The molecule has 4 heteroatoms. The van der Waals surface area contributed by atoms with Crippen molar-refractivity contribution >= 4 is 0 Å². The van der Waals surface area contributed by atoms with Crippen molar-refractivity contribution < 1.29 is 20.4 Å². The van der Waals surface area contributed by atoms with E-state index in [1.165, 1.54) is 0 Å². The van der Waals surface area contributed by atoms with Crippen LogP contribution in [0.3, 0.4) is 0 Å². The van der Waals surface area contributed by atoms with Crippen molar-refractivity contribution in [2.45, 2.75) is 129 Å². The van der Waals surface area contributed by atoms with Gasteiger partial charge in [0.05, 0.1) is 24.4 Å². The Hall–Kier alpha value is -0.160. The van der Waals surface area contributed by atoms with Gasteiger partial charge in [-0.1, -0.05) is 25.7 Å². The van der Waals surface area contributed by atoms with Gasteiger partial charge in [0, 0.05) is 0 Å². The van der Waals surface area contributed by atoms with E-state index in [0.29, 0.717) is 0 Å². The molecule has 0 bridgehead atoms. The molecule has 0 aliphatic carbocycles. The van der Waals surface area contributed by atoms with Gasteiger partial charge in [-0.05, 0) is 84.5 Å². The lowest BCUT2D eigenvalue weighted by atomic mass is 9.70. The van der Waals surface area contributed by atoms with E-state index in [0.717, 1.165) is 77.0 Å². The van der Waals surface area contributed by atoms with Crippen LogP contribution in [0.5, 0.6) is 0 Å². The lowest BCUT2D eigenvalue weighted by molar-refractivity contribution is 0.115. The molecule has 0 saturated carbocycles. The van der Waals surface area contributed by atoms with Crippen LogP contribution in [0.4, 0.5) is 0 Å². The molecule has 0 amide bonds. The third-order valence-electron chi connectivity index (χ3n) is 5.32. The SMILES string of the molecule is CC(O)CCCC(CCCC(C)O)(CCCC(C)O)CCCC(C)O. The van der Waals surface area contributed by atoms with Crippen LogP contribution < -0.4 is 0 Å². The first-order valence-corrected chi connectivity index (χ1v) is 10.4. The molecule has 152 valence electrons. The van der Waals surface area contributed by atoms with Crippen molar-refractivity contribution in [3.8, 4) is 0 Å². The number of rotatable bonds is 16. The fourth-order valence-corrected chi connectivity index (χ4v) is 3.84. The standard InChI is InChI=1S/C21H44O4/c1-17(22)9-5-13-21(14-6-10-18(2)23,15-7-11-19(3)24)16-8-12-20(4)25/h17-20,22-25H,5-16H2,1-4H3. The summed E-state index contributed by atoms with van der Waals surface area (Å²) in [5.41, 5.74) is 0.202. The molecule has 0 aromatic rings. The Morgan fingerprint density at radius 3 is 0.840 bits per heavy atom. The predicted molar refractivity (Wildman–Crippen MR) is 105 cm³/mol. The van der Waals surface area contributed by atoms with Gasteiger partial charge in [-0.2, -0.15) is 0 Å². The second-order valence-electron chi connectivity index (χ2n) is 8.46. The molecule has 0 spiro atoms. The molecule has 0 aliphatic rings. The summed E-state index contributed by atoms with van der Waals surface area (Å²) in [5.74, 6) is 0. The lowest BCUT2D eigenvalue weighted by Crippen LogP contribution is -2.23. The zero-order valence-corrected chi connectivity index (χ0v) is 17.1. The van der Waals surface area contributed by atoms with Crippen molar-refractivity contribution in [1.29, 1.82) is 0 Å². The molecule has 25 heavy (non-hydrogen) atoms. The zero-order valence-electron chi connectivity index (χ0n) is 17.1. The van der Waals surface area contributed by atoms with Gasteiger partial charge in [0.2, 0.25) is 0 Å². The lowest BCUT2D eigenvalue weighted by Gasteiger charge is -2.35. The van der Waals surface area contributed by atoms with Gasteiger partial charge in [0.25, 0.3) is 0 Å². The molecule has 0 saturated heterocycles. The van der Waals surface area contributed by atoms with E-state index >= 15 is 0 Å². The highest BCUT2D eigenvalue weighted by molar-refractivity contribution is 4.81. The predicted octanol–water partition coefficient (Wildman–Crippen LogP) is 4.18. The number of aliphatic hydroxyl groups excluding tert-OH is 4. The molecular weight excluding hydrogens is 316 g/mol. The average molecular weight is 361 g/mol. The van der Waals surface area contributed by atoms with Gasteiger partial charge < -0.3 is 20.4 Å². The van der Waals surface area contributed by atoms with Crippen LogP contribution in [0.2, 0.25) is 0 Å². The number of hydrogen-bond donors (Lipinski definition) is 4. The van der Waals surface area contributed by atoms with E-state index in [9.17, 15) is 20.4 Å². The van der Waals surface area contributed by atoms with Crippen molar-refractivity contribution in [2.75, 3.05) is 0 Å². The van der Waals surface area contributed by atoms with E-state index < -0.39 is 0 Å². The Morgan fingerprint density at radius 2 is 0.680 bits per heavy atom. The topological polar surface area (TPSA) is 80.9 Å². The smallest absolute Gasteiger partial charge is 0.0512 e. The van der Waals surface area contributed by atoms with Gasteiger partial charge in [0.15, 0.2) is 0 Å². The van der Waals surface area contributed by atoms with Crippen molar-refractivity contribution in [2.24, 2.45) is 5.41 Å². The molecule has 0 heterocycles. The van der Waals surface area contributed by atoms with Crippen LogP contribution >= 0.6 is 0 Å². The monoisotopic (exact) mass is 360 g/mol. The van der Waals surface area contributed by atoms with Crippen molar-refractivity contribution in [1.82, 2.24) is 0 Å². The first kappa shape index (κ1) is 24.8. The minimum absolute atomic E-state index is 0.202. The summed E-state index contributed by atoms with van der Waals surface area (Å²) in [7, 11) is 0. The summed E-state index contributed by atoms with van der Waals surface area (Å²) < 4.78 is 0. The van der Waals surface area contributed by atoms with E-state index in [1.807, 2.05) is 27.7 Å². The molecule has 0 radical (unpaired) electrons. The van der Waals surface area contributed by atoms with Crippen LogP contribution in [0.25, 0.3) is 0 Å². The van der Waals surface area contributed by atoms with Crippen LogP contribution in [0, 0.1) is 5.41 Å². The Morgan fingerprint density at radius 1 is 0.480 bits per heavy atom. The first-order chi connectivity index (χ1) is 11.7. The molecule has 4 N–H and O–H groups in total. The molecule has 4 atom stereocenters. The maximum absolute atomic E-state index is 9.60. The van der Waals surface area contributed by atoms with Gasteiger partial charge in [-0.15, -0.1) is 0 Å². The minimum atomic E-state index is -0.259. The van der Waals surface area contributed by atoms with Gasteiger partial charge in [0.1, 0.15) is 0 Å². The number of aliphatic hydroxyl groups is 4. The van der Waals surface area contributed by atoms with E-state index in [2.05, 4.69) is 0 Å². The summed E-state index contributed by atoms with van der Waals surface area (Å²) in [6.45, 7) is 7.37. The second-order valence-corrected chi connectivity index (χ2v) is 8.46. The van der Waals surface area contributed by atoms with Crippen LogP contribution in [-0.4, -0.2) is 44.8 Å². The molecule has 0 aliphatic heterocycles. The van der Waals surface area contributed by atoms with Crippen LogP contribution in [-0.2, 0) is 0 Å². The maximum Gasteiger partial charge on any atom is 0.0512 e. The summed E-state index contributed by atoms with van der Waals surface area (Å²) in [6, 6.07) is 0. The van der Waals surface area contributed by atoms with E-state index in [-0.39, 0.29) is 29.8 Å².